The van der Waals surface area contributed by atoms with Gasteiger partial charge >= 0.3 is 0 Å². The van der Waals surface area contributed by atoms with Gasteiger partial charge in [0.25, 0.3) is 0 Å². The Morgan fingerprint density at radius 1 is 1.11 bits per heavy atom. The maximum Gasteiger partial charge on any atom is 0.237 e. The van der Waals surface area contributed by atoms with Gasteiger partial charge in [0, 0.05) is 16.1 Å². The Hall–Kier alpha value is -2.84. The molecule has 0 radical (unpaired) electrons. The first-order chi connectivity index (χ1) is 13.6. The maximum atomic E-state index is 6.13. The number of rotatable bonds is 6. The molecule has 2 heterocycles. The molecular formula is C19H17ClN6OS. The highest BCUT2D eigenvalue weighted by molar-refractivity contribution is 7.98. The van der Waals surface area contributed by atoms with Crippen molar-refractivity contribution in [3.05, 3.63) is 65.0 Å². The Morgan fingerprint density at radius 2 is 1.93 bits per heavy atom. The minimum absolute atomic E-state index is 0.435. The lowest BCUT2D eigenvalue weighted by atomic mass is 10.1. The largest absolute Gasteiger partial charge is 0.338 e. The Kier molecular flexibility index (Phi) is 5.31. The number of aryl methyl sites for hydroxylation is 1. The predicted octanol–water partition coefficient (Wildman–Crippen LogP) is 4.22. The predicted molar refractivity (Wildman–Crippen MR) is 109 cm³/mol. The van der Waals surface area contributed by atoms with Crippen molar-refractivity contribution >= 4 is 23.4 Å². The minimum atomic E-state index is 0.435. The molecule has 9 heteroatoms. The van der Waals surface area contributed by atoms with Crippen LogP contribution in [0.5, 0.6) is 0 Å². The Labute approximate surface area is 170 Å². The standard InChI is InChI=1S/C19H17ClN6OS/c1-2-12-6-8-13(9-7-12)17-22-16(27-25-17)11-28-19-24-23-18(26(19)21)14-4-3-5-15(20)10-14/h3-10H,2,11,21H2,1H3. The molecule has 0 amide bonds. The Morgan fingerprint density at radius 3 is 2.68 bits per heavy atom. The van der Waals surface area contributed by atoms with Gasteiger partial charge in [0.1, 0.15) is 0 Å². The third kappa shape index (κ3) is 3.88. The van der Waals surface area contributed by atoms with E-state index < -0.39 is 0 Å². The highest BCUT2D eigenvalue weighted by atomic mass is 35.5. The summed E-state index contributed by atoms with van der Waals surface area (Å²) in [4.78, 5) is 4.44. The van der Waals surface area contributed by atoms with Crippen molar-refractivity contribution in [1.29, 1.82) is 0 Å². The van der Waals surface area contributed by atoms with Crippen LogP contribution < -0.4 is 5.84 Å². The molecule has 4 rings (SSSR count). The smallest absolute Gasteiger partial charge is 0.237 e. The molecule has 0 atom stereocenters. The van der Waals surface area contributed by atoms with Crippen molar-refractivity contribution in [2.24, 2.45) is 0 Å². The molecular weight excluding hydrogens is 396 g/mol. The van der Waals surface area contributed by atoms with Gasteiger partial charge in [0.2, 0.25) is 16.9 Å². The number of benzene rings is 2. The van der Waals surface area contributed by atoms with Crippen LogP contribution in [0.15, 0.2) is 58.2 Å². The monoisotopic (exact) mass is 412 g/mol. The second-order valence-electron chi connectivity index (χ2n) is 6.04. The summed E-state index contributed by atoms with van der Waals surface area (Å²) in [5, 5.41) is 13.5. The van der Waals surface area contributed by atoms with Gasteiger partial charge in [0.15, 0.2) is 5.82 Å². The van der Waals surface area contributed by atoms with Crippen molar-refractivity contribution < 1.29 is 4.52 Å². The van der Waals surface area contributed by atoms with Crippen molar-refractivity contribution in [2.75, 3.05) is 5.84 Å². The first kappa shape index (κ1) is 18.5. The van der Waals surface area contributed by atoms with Crippen LogP contribution in [0.25, 0.3) is 22.8 Å². The lowest BCUT2D eigenvalue weighted by molar-refractivity contribution is 0.391. The molecule has 2 aromatic heterocycles. The van der Waals surface area contributed by atoms with E-state index in [1.54, 1.807) is 12.1 Å². The third-order valence-electron chi connectivity index (χ3n) is 4.16. The average Bonchev–Trinajstić information content (AvgIpc) is 3.33. The molecule has 4 aromatic rings. The van der Waals surface area contributed by atoms with Crippen molar-refractivity contribution in [3.8, 4) is 22.8 Å². The fourth-order valence-corrected chi connectivity index (χ4v) is 3.53. The third-order valence-corrected chi connectivity index (χ3v) is 5.32. The van der Waals surface area contributed by atoms with Crippen LogP contribution in [0.1, 0.15) is 18.4 Å². The van der Waals surface area contributed by atoms with E-state index in [9.17, 15) is 0 Å². The molecule has 0 aliphatic rings. The summed E-state index contributed by atoms with van der Waals surface area (Å²) >= 11 is 7.40. The number of halogens is 1. The molecule has 0 aliphatic carbocycles. The first-order valence-electron chi connectivity index (χ1n) is 8.65. The molecule has 2 N–H and O–H groups in total. The molecule has 2 aromatic carbocycles. The molecule has 0 saturated carbocycles. The molecule has 0 fully saturated rings. The van der Waals surface area contributed by atoms with Crippen LogP contribution in [0, 0.1) is 0 Å². The number of nitrogens with two attached hydrogens (primary N) is 1. The van der Waals surface area contributed by atoms with Gasteiger partial charge in [0.05, 0.1) is 5.75 Å². The fraction of sp³-hybridized carbons (Fsp3) is 0.158. The highest BCUT2D eigenvalue weighted by Crippen LogP contribution is 2.26. The van der Waals surface area contributed by atoms with Gasteiger partial charge < -0.3 is 10.4 Å². The number of nitrogens with zero attached hydrogens (tertiary/aromatic N) is 5. The van der Waals surface area contributed by atoms with E-state index in [0.29, 0.717) is 33.5 Å². The number of hydrogen-bond donors (Lipinski definition) is 1. The zero-order valence-electron chi connectivity index (χ0n) is 15.0. The second kappa shape index (κ2) is 8.04. The zero-order chi connectivity index (χ0) is 19.5. The number of aromatic nitrogens is 5. The molecule has 7 nitrogen and oxygen atoms in total. The van der Waals surface area contributed by atoms with Gasteiger partial charge in [-0.25, -0.2) is 4.68 Å². The summed E-state index contributed by atoms with van der Waals surface area (Å²) < 4.78 is 6.77. The first-order valence-corrected chi connectivity index (χ1v) is 10.0. The average molecular weight is 413 g/mol. The van der Waals surface area contributed by atoms with Gasteiger partial charge in [-0.1, -0.05) is 71.8 Å². The van der Waals surface area contributed by atoms with Crippen LogP contribution >= 0.6 is 23.4 Å². The molecule has 0 spiro atoms. The molecule has 0 saturated heterocycles. The highest BCUT2D eigenvalue weighted by Gasteiger charge is 2.15. The molecule has 0 unspecified atom stereocenters. The quantitative estimate of drug-likeness (QED) is 0.374. The lowest BCUT2D eigenvalue weighted by Gasteiger charge is -2.03. The Balaban J connectivity index is 1.46. The minimum Gasteiger partial charge on any atom is -0.338 e. The normalized spacial score (nSPS) is 11.1. The number of hydrogen-bond acceptors (Lipinski definition) is 7. The molecule has 142 valence electrons. The number of thioether (sulfide) groups is 1. The molecule has 28 heavy (non-hydrogen) atoms. The van der Waals surface area contributed by atoms with Crippen molar-refractivity contribution in [2.45, 2.75) is 24.3 Å². The van der Waals surface area contributed by atoms with Gasteiger partial charge in [-0.3, -0.25) is 0 Å². The van der Waals surface area contributed by atoms with Crippen LogP contribution in [0.4, 0.5) is 0 Å². The van der Waals surface area contributed by atoms with Crippen molar-refractivity contribution in [3.63, 3.8) is 0 Å². The van der Waals surface area contributed by atoms with E-state index in [-0.39, 0.29) is 0 Å². The van der Waals surface area contributed by atoms with Gasteiger partial charge in [-0.2, -0.15) is 4.98 Å². The van der Waals surface area contributed by atoms with E-state index >= 15 is 0 Å². The van der Waals surface area contributed by atoms with E-state index in [1.807, 2.05) is 24.3 Å². The summed E-state index contributed by atoms with van der Waals surface area (Å²) in [6.45, 7) is 2.12. The fourth-order valence-electron chi connectivity index (χ4n) is 2.65. The van der Waals surface area contributed by atoms with E-state index in [2.05, 4.69) is 39.4 Å². The number of nitrogen functional groups attached to an aromatic ring is 1. The van der Waals surface area contributed by atoms with Gasteiger partial charge in [-0.05, 0) is 24.1 Å². The van der Waals surface area contributed by atoms with Crippen LogP contribution in [0.3, 0.4) is 0 Å². The Bertz CT molecular complexity index is 1090. The van der Waals surface area contributed by atoms with E-state index in [1.165, 1.54) is 22.0 Å². The molecule has 0 aliphatic heterocycles. The second-order valence-corrected chi connectivity index (χ2v) is 7.42. The maximum absolute atomic E-state index is 6.13. The SMILES string of the molecule is CCc1ccc(-c2noc(CSc3nnc(-c4cccc(Cl)c4)n3N)n2)cc1. The van der Waals surface area contributed by atoms with Crippen LogP contribution in [-0.4, -0.2) is 25.0 Å². The lowest BCUT2D eigenvalue weighted by Crippen LogP contribution is -2.11. The van der Waals surface area contributed by atoms with E-state index in [0.717, 1.165) is 17.5 Å². The zero-order valence-corrected chi connectivity index (χ0v) is 16.6. The van der Waals surface area contributed by atoms with Crippen molar-refractivity contribution in [1.82, 2.24) is 25.0 Å². The topological polar surface area (TPSA) is 95.7 Å². The van der Waals surface area contributed by atoms with E-state index in [4.69, 9.17) is 22.0 Å². The van der Waals surface area contributed by atoms with Crippen LogP contribution in [0.2, 0.25) is 5.02 Å². The van der Waals surface area contributed by atoms with Crippen LogP contribution in [-0.2, 0) is 12.2 Å². The van der Waals surface area contributed by atoms with Gasteiger partial charge in [-0.15, -0.1) is 10.2 Å². The molecule has 0 bridgehead atoms. The summed E-state index contributed by atoms with van der Waals surface area (Å²) in [5.74, 6) is 8.16. The summed E-state index contributed by atoms with van der Waals surface area (Å²) in [6, 6.07) is 15.4. The summed E-state index contributed by atoms with van der Waals surface area (Å²) in [6.07, 6.45) is 0.991. The summed E-state index contributed by atoms with van der Waals surface area (Å²) in [5.41, 5.74) is 2.98. The summed E-state index contributed by atoms with van der Waals surface area (Å²) in [7, 11) is 0.